The molecule has 0 aliphatic heterocycles. The van der Waals surface area contributed by atoms with Crippen molar-refractivity contribution in [3.63, 3.8) is 0 Å². The second kappa shape index (κ2) is 9.54. The molecule has 35 heavy (non-hydrogen) atoms. The molecular formula is C27H33N5O3. The smallest absolute Gasteiger partial charge is 0.250 e. The van der Waals surface area contributed by atoms with Gasteiger partial charge in [0.2, 0.25) is 5.88 Å². The van der Waals surface area contributed by atoms with Gasteiger partial charge >= 0.3 is 0 Å². The summed E-state index contributed by atoms with van der Waals surface area (Å²) in [6, 6.07) is 9.06. The first-order valence-electron chi connectivity index (χ1n) is 11.7. The highest BCUT2D eigenvalue weighted by atomic mass is 16.5. The van der Waals surface area contributed by atoms with Crippen LogP contribution in [0.1, 0.15) is 52.2 Å². The number of Topliss-reactive ketones (excluding diaryl/α,β-unsaturated/α-hetero) is 1. The van der Waals surface area contributed by atoms with Gasteiger partial charge in [0, 0.05) is 54.1 Å². The van der Waals surface area contributed by atoms with E-state index in [0.717, 1.165) is 41.2 Å². The van der Waals surface area contributed by atoms with Gasteiger partial charge in [0.1, 0.15) is 6.61 Å². The van der Waals surface area contributed by atoms with E-state index in [4.69, 9.17) is 10.5 Å². The van der Waals surface area contributed by atoms with Crippen LogP contribution in [0, 0.1) is 12.3 Å². The monoisotopic (exact) mass is 475 g/mol. The first-order valence-corrected chi connectivity index (χ1v) is 11.7. The summed E-state index contributed by atoms with van der Waals surface area (Å²) in [7, 11) is 3.96. The number of ether oxygens (including phenoxy) is 1. The number of nitrogens with one attached hydrogen (secondary N) is 1. The van der Waals surface area contributed by atoms with E-state index >= 15 is 0 Å². The van der Waals surface area contributed by atoms with Gasteiger partial charge in [-0.05, 0) is 62.7 Å². The lowest BCUT2D eigenvalue weighted by molar-refractivity contribution is 0.0909. The molecular weight excluding hydrogens is 442 g/mol. The number of hydrogen-bond donors (Lipinski definition) is 2. The van der Waals surface area contributed by atoms with E-state index in [9.17, 15) is 9.59 Å². The summed E-state index contributed by atoms with van der Waals surface area (Å²) in [5, 5.41) is 3.30. The average Bonchev–Trinajstić information content (AvgIpc) is 3.08. The number of likely N-dealkylation sites (N-methyl/N-ethyl adjacent to an activating group) is 1. The Hall–Kier alpha value is -3.65. The lowest BCUT2D eigenvalue weighted by Crippen LogP contribution is -2.28. The highest BCUT2D eigenvalue weighted by Crippen LogP contribution is 2.38. The number of carbonyl (C=O) groups is 2. The second-order valence-corrected chi connectivity index (χ2v) is 10.2. The number of nitrogens with zero attached hydrogens (tertiary/aromatic N) is 3. The number of primary amides is 1. The average molecular weight is 476 g/mol. The van der Waals surface area contributed by atoms with Crippen LogP contribution in [0.25, 0.3) is 5.69 Å². The quantitative estimate of drug-likeness (QED) is 0.508. The van der Waals surface area contributed by atoms with Gasteiger partial charge in [0.25, 0.3) is 5.91 Å². The van der Waals surface area contributed by atoms with Crippen molar-refractivity contribution in [3.8, 4) is 11.6 Å². The van der Waals surface area contributed by atoms with Gasteiger partial charge < -0.3 is 25.3 Å². The Morgan fingerprint density at radius 1 is 1.23 bits per heavy atom. The molecule has 0 saturated heterocycles. The van der Waals surface area contributed by atoms with Crippen molar-refractivity contribution in [3.05, 3.63) is 65.1 Å². The summed E-state index contributed by atoms with van der Waals surface area (Å²) in [4.78, 5) is 31.3. The van der Waals surface area contributed by atoms with Crippen molar-refractivity contribution >= 4 is 23.1 Å². The number of pyridine rings is 1. The van der Waals surface area contributed by atoms with Gasteiger partial charge in [0.15, 0.2) is 5.78 Å². The summed E-state index contributed by atoms with van der Waals surface area (Å²) in [6.07, 6.45) is 4.98. The molecule has 0 fully saturated rings. The lowest BCUT2D eigenvalue weighted by Gasteiger charge is -2.30. The fourth-order valence-electron chi connectivity index (χ4n) is 4.56. The minimum atomic E-state index is -0.530. The third kappa shape index (κ3) is 5.38. The van der Waals surface area contributed by atoms with E-state index in [1.807, 2.05) is 44.2 Å². The Balaban J connectivity index is 1.69. The maximum absolute atomic E-state index is 12.9. The molecule has 0 spiro atoms. The predicted molar refractivity (Wildman–Crippen MR) is 137 cm³/mol. The van der Waals surface area contributed by atoms with E-state index in [2.05, 4.69) is 28.7 Å². The number of nitrogens with two attached hydrogens (primary N) is 1. The van der Waals surface area contributed by atoms with Crippen LogP contribution < -0.4 is 15.8 Å². The highest BCUT2D eigenvalue weighted by Gasteiger charge is 2.34. The Morgan fingerprint density at radius 3 is 2.71 bits per heavy atom. The van der Waals surface area contributed by atoms with Crippen LogP contribution >= 0.6 is 0 Å². The fourth-order valence-corrected chi connectivity index (χ4v) is 4.56. The number of benzene rings is 1. The summed E-state index contributed by atoms with van der Waals surface area (Å²) in [5.41, 5.74) is 10.9. The molecule has 0 atom stereocenters. The van der Waals surface area contributed by atoms with Gasteiger partial charge in [-0.2, -0.15) is 0 Å². The Morgan fingerprint density at radius 2 is 2.00 bits per heavy atom. The molecule has 3 aromatic rings. The van der Waals surface area contributed by atoms with Crippen molar-refractivity contribution in [2.24, 2.45) is 11.1 Å². The number of anilines is 2. The Labute approximate surface area is 206 Å². The Bertz CT molecular complexity index is 1280. The van der Waals surface area contributed by atoms with Gasteiger partial charge in [-0.15, -0.1) is 0 Å². The number of amides is 1. The predicted octanol–water partition coefficient (Wildman–Crippen LogP) is 4.12. The third-order valence-corrected chi connectivity index (χ3v) is 6.21. The van der Waals surface area contributed by atoms with E-state index in [-0.39, 0.29) is 11.2 Å². The van der Waals surface area contributed by atoms with Crippen LogP contribution in [-0.2, 0) is 6.42 Å². The number of fused-ring (bicyclic) bond motifs is 1. The summed E-state index contributed by atoms with van der Waals surface area (Å²) < 4.78 is 7.80. The highest BCUT2D eigenvalue weighted by molar-refractivity contribution is 6.01. The normalized spacial score (nSPS) is 14.6. The Kier molecular flexibility index (Phi) is 6.67. The van der Waals surface area contributed by atoms with Crippen LogP contribution in [-0.4, -0.2) is 53.4 Å². The number of carbonyl (C=O) groups excluding carboxylic acids is 2. The molecule has 3 N–H and O–H groups in total. The molecule has 1 amide bonds. The van der Waals surface area contributed by atoms with E-state index in [1.54, 1.807) is 24.4 Å². The molecule has 0 unspecified atom stereocenters. The fraction of sp³-hybridized carbons (Fsp3) is 0.370. The minimum absolute atomic E-state index is 0.110. The molecule has 0 saturated carbocycles. The SMILES string of the molecule is Cc1cn(-c2ccc(C(N)=O)c(Nc3ccnc(OCCN(C)C)c3)c2)c2c1C(=O)CC(C)(C)C2. The molecule has 8 heteroatoms. The number of rotatable bonds is 8. The molecule has 1 aliphatic rings. The van der Waals surface area contributed by atoms with Crippen molar-refractivity contribution < 1.29 is 14.3 Å². The summed E-state index contributed by atoms with van der Waals surface area (Å²) in [6.45, 7) is 7.49. The molecule has 1 aromatic carbocycles. The van der Waals surface area contributed by atoms with Gasteiger partial charge in [-0.3, -0.25) is 9.59 Å². The molecule has 4 rings (SSSR count). The zero-order valence-electron chi connectivity index (χ0n) is 21.0. The first-order chi connectivity index (χ1) is 16.5. The maximum atomic E-state index is 12.9. The van der Waals surface area contributed by atoms with Crippen molar-refractivity contribution in [2.45, 2.75) is 33.6 Å². The molecule has 184 valence electrons. The van der Waals surface area contributed by atoms with Crippen molar-refractivity contribution in [1.29, 1.82) is 0 Å². The molecule has 0 bridgehead atoms. The van der Waals surface area contributed by atoms with Crippen LogP contribution in [0.3, 0.4) is 0 Å². The van der Waals surface area contributed by atoms with Crippen molar-refractivity contribution in [2.75, 3.05) is 32.6 Å². The minimum Gasteiger partial charge on any atom is -0.476 e. The maximum Gasteiger partial charge on any atom is 0.250 e. The zero-order chi connectivity index (χ0) is 25.3. The molecule has 1 aliphatic carbocycles. The van der Waals surface area contributed by atoms with E-state index in [0.29, 0.717) is 30.2 Å². The molecule has 8 nitrogen and oxygen atoms in total. The van der Waals surface area contributed by atoms with Crippen LogP contribution in [0.2, 0.25) is 0 Å². The number of ketones is 1. The largest absolute Gasteiger partial charge is 0.476 e. The third-order valence-electron chi connectivity index (χ3n) is 6.21. The van der Waals surface area contributed by atoms with E-state index in [1.165, 1.54) is 0 Å². The second-order valence-electron chi connectivity index (χ2n) is 10.2. The van der Waals surface area contributed by atoms with Crippen LogP contribution in [0.5, 0.6) is 5.88 Å². The topological polar surface area (TPSA) is 102 Å². The van der Waals surface area contributed by atoms with Crippen LogP contribution in [0.4, 0.5) is 11.4 Å². The lowest BCUT2D eigenvalue weighted by atomic mass is 9.75. The van der Waals surface area contributed by atoms with Crippen molar-refractivity contribution in [1.82, 2.24) is 14.5 Å². The molecule has 2 heterocycles. The zero-order valence-corrected chi connectivity index (χ0v) is 21.0. The van der Waals surface area contributed by atoms with Gasteiger partial charge in [-0.25, -0.2) is 4.98 Å². The molecule has 2 aromatic heterocycles. The number of aryl methyl sites for hydroxylation is 1. The number of aromatic nitrogens is 2. The van der Waals surface area contributed by atoms with Gasteiger partial charge in [0.05, 0.1) is 11.3 Å². The first kappa shape index (κ1) is 24.5. The van der Waals surface area contributed by atoms with Crippen LogP contribution in [0.15, 0.2) is 42.7 Å². The summed E-state index contributed by atoms with van der Waals surface area (Å²) >= 11 is 0. The standard InChI is InChI=1S/C27H33N5O3/c1-17-16-32(22-14-27(2,3)15-23(33)25(17)22)19-6-7-20(26(28)34)21(13-19)30-18-8-9-29-24(12-18)35-11-10-31(4)5/h6-9,12-13,16H,10-11,14-15H2,1-5H3,(H2,28,34)(H,29,30). The van der Waals surface area contributed by atoms with E-state index < -0.39 is 5.91 Å². The summed E-state index contributed by atoms with van der Waals surface area (Å²) in [5.74, 6) is 0.139. The molecule has 0 radical (unpaired) electrons. The van der Waals surface area contributed by atoms with Gasteiger partial charge in [-0.1, -0.05) is 13.8 Å². The number of hydrogen-bond acceptors (Lipinski definition) is 6.